The van der Waals surface area contributed by atoms with Crippen LogP contribution in [0.2, 0.25) is 0 Å². The van der Waals surface area contributed by atoms with E-state index in [9.17, 15) is 9.18 Å². The van der Waals surface area contributed by atoms with E-state index in [1.165, 1.54) is 16.9 Å². The maximum absolute atomic E-state index is 13.7. The predicted molar refractivity (Wildman–Crippen MR) is 121 cm³/mol. The molecule has 2 fully saturated rings. The van der Waals surface area contributed by atoms with Crippen molar-refractivity contribution in [3.8, 4) is 5.69 Å². The van der Waals surface area contributed by atoms with Crippen molar-refractivity contribution in [2.24, 2.45) is 0 Å². The van der Waals surface area contributed by atoms with Crippen molar-refractivity contribution in [3.63, 3.8) is 0 Å². The summed E-state index contributed by atoms with van der Waals surface area (Å²) in [6.45, 7) is 3.35. The monoisotopic (exact) mass is 443 g/mol. The van der Waals surface area contributed by atoms with Gasteiger partial charge in [0.2, 0.25) is 5.95 Å². The second-order valence-corrected chi connectivity index (χ2v) is 8.70. The number of carbonyl (C=O) groups is 1. The number of rotatable bonds is 3. The molecule has 2 bridgehead atoms. The molecular formula is C24H22FN7O. The molecular weight excluding hydrogens is 421 g/mol. The van der Waals surface area contributed by atoms with Crippen LogP contribution in [0.1, 0.15) is 28.8 Å². The number of hydrogen-bond acceptors (Lipinski definition) is 6. The third-order valence-electron chi connectivity index (χ3n) is 6.60. The van der Waals surface area contributed by atoms with Gasteiger partial charge in [0.1, 0.15) is 5.82 Å². The van der Waals surface area contributed by atoms with Gasteiger partial charge < -0.3 is 9.80 Å². The molecule has 4 heterocycles. The van der Waals surface area contributed by atoms with Crippen LogP contribution >= 0.6 is 0 Å². The van der Waals surface area contributed by atoms with Crippen LogP contribution in [0.25, 0.3) is 16.6 Å². The summed E-state index contributed by atoms with van der Waals surface area (Å²) in [6.07, 6.45) is 6.59. The Morgan fingerprint density at radius 3 is 2.79 bits per heavy atom. The smallest absolute Gasteiger partial charge is 0.256 e. The topological polar surface area (TPSA) is 80.0 Å². The lowest BCUT2D eigenvalue weighted by atomic mass is 10.0. The summed E-state index contributed by atoms with van der Waals surface area (Å²) in [5, 5.41) is 9.12. The van der Waals surface area contributed by atoms with Crippen molar-refractivity contribution in [1.82, 2.24) is 29.9 Å². The average Bonchev–Trinajstić information content (AvgIpc) is 3.47. The van der Waals surface area contributed by atoms with E-state index in [1.807, 2.05) is 30.0 Å². The fourth-order valence-corrected chi connectivity index (χ4v) is 5.00. The fourth-order valence-electron chi connectivity index (χ4n) is 5.00. The quantitative estimate of drug-likeness (QED) is 0.484. The molecule has 0 radical (unpaired) electrons. The van der Waals surface area contributed by atoms with E-state index in [2.05, 4.69) is 25.1 Å². The molecule has 166 valence electrons. The fraction of sp³-hybridized carbons (Fsp3) is 0.292. The third kappa shape index (κ3) is 3.40. The van der Waals surface area contributed by atoms with Crippen molar-refractivity contribution in [1.29, 1.82) is 0 Å². The SMILES string of the molecule is Cc1ccc(-n2nccn2)c(C(=O)N2C[C@@H]3C[C@@H]2CCN3c2ncc3cc(F)ccc3n2)c1. The van der Waals surface area contributed by atoms with Crippen LogP contribution in [0.15, 0.2) is 55.0 Å². The lowest BCUT2D eigenvalue weighted by Gasteiger charge is -2.32. The van der Waals surface area contributed by atoms with E-state index in [0.717, 1.165) is 24.9 Å². The Morgan fingerprint density at radius 2 is 1.94 bits per heavy atom. The van der Waals surface area contributed by atoms with Crippen LogP contribution in [0.5, 0.6) is 0 Å². The van der Waals surface area contributed by atoms with Crippen LogP contribution in [-0.4, -0.2) is 60.9 Å². The number of carbonyl (C=O) groups excluding carboxylic acids is 1. The summed E-state index contributed by atoms with van der Waals surface area (Å²) in [7, 11) is 0. The van der Waals surface area contributed by atoms with Crippen molar-refractivity contribution in [2.75, 3.05) is 18.0 Å². The molecule has 2 aromatic carbocycles. The third-order valence-corrected chi connectivity index (χ3v) is 6.60. The lowest BCUT2D eigenvalue weighted by molar-refractivity contribution is 0.0735. The minimum absolute atomic E-state index is 0.00439. The molecule has 9 heteroatoms. The molecule has 33 heavy (non-hydrogen) atoms. The molecule has 0 unspecified atom stereocenters. The number of halogens is 1. The van der Waals surface area contributed by atoms with Gasteiger partial charge in [0, 0.05) is 30.7 Å². The number of piperidine rings is 1. The molecule has 8 nitrogen and oxygen atoms in total. The number of anilines is 1. The predicted octanol–water partition coefficient (Wildman–Crippen LogP) is 3.15. The highest BCUT2D eigenvalue weighted by molar-refractivity contribution is 5.98. The van der Waals surface area contributed by atoms with Gasteiger partial charge in [-0.05, 0) is 50.1 Å². The van der Waals surface area contributed by atoms with E-state index in [-0.39, 0.29) is 23.8 Å². The first kappa shape index (κ1) is 19.8. The zero-order valence-electron chi connectivity index (χ0n) is 18.1. The maximum Gasteiger partial charge on any atom is 0.256 e. The molecule has 4 aromatic rings. The molecule has 1 amide bonds. The van der Waals surface area contributed by atoms with E-state index >= 15 is 0 Å². The highest BCUT2D eigenvalue weighted by Gasteiger charge is 2.43. The highest BCUT2D eigenvalue weighted by atomic mass is 19.1. The molecule has 0 aliphatic carbocycles. The molecule has 0 spiro atoms. The van der Waals surface area contributed by atoms with Gasteiger partial charge in [-0.15, -0.1) is 0 Å². The Balaban J connectivity index is 1.28. The van der Waals surface area contributed by atoms with E-state index in [0.29, 0.717) is 34.6 Å². The lowest BCUT2D eigenvalue weighted by Crippen LogP contribution is -2.41. The molecule has 2 atom stereocenters. The van der Waals surface area contributed by atoms with Gasteiger partial charge in [-0.25, -0.2) is 14.4 Å². The largest absolute Gasteiger partial charge is 0.336 e. The highest BCUT2D eigenvalue weighted by Crippen LogP contribution is 2.34. The molecule has 6 rings (SSSR count). The Kier molecular flexibility index (Phi) is 4.56. The van der Waals surface area contributed by atoms with Crippen molar-refractivity contribution in [2.45, 2.75) is 31.8 Å². The van der Waals surface area contributed by atoms with Gasteiger partial charge in [-0.2, -0.15) is 15.0 Å². The van der Waals surface area contributed by atoms with Gasteiger partial charge in [-0.1, -0.05) is 11.6 Å². The minimum atomic E-state index is -0.301. The summed E-state index contributed by atoms with van der Waals surface area (Å²) in [5.74, 6) is 0.324. The number of benzene rings is 2. The summed E-state index contributed by atoms with van der Waals surface area (Å²) in [5.41, 5.74) is 3.01. The van der Waals surface area contributed by atoms with Gasteiger partial charge in [0.05, 0.1) is 35.2 Å². The average molecular weight is 443 g/mol. The van der Waals surface area contributed by atoms with Crippen LogP contribution in [0.3, 0.4) is 0 Å². The Morgan fingerprint density at radius 1 is 1.09 bits per heavy atom. The summed E-state index contributed by atoms with van der Waals surface area (Å²) in [4.78, 5) is 28.5. The second kappa shape index (κ2) is 7.61. The van der Waals surface area contributed by atoms with E-state index in [4.69, 9.17) is 0 Å². The molecule has 2 saturated heterocycles. The van der Waals surface area contributed by atoms with Crippen LogP contribution in [0, 0.1) is 12.7 Å². The van der Waals surface area contributed by atoms with Crippen LogP contribution in [0.4, 0.5) is 10.3 Å². The number of aromatic nitrogens is 5. The van der Waals surface area contributed by atoms with E-state index in [1.54, 1.807) is 24.7 Å². The van der Waals surface area contributed by atoms with Gasteiger partial charge in [0.15, 0.2) is 0 Å². The number of nitrogens with zero attached hydrogens (tertiary/aromatic N) is 7. The standard InChI is InChI=1S/C24H22FN7O/c1-15-2-5-22(32-27-7-8-28-32)20(10-15)23(33)31-14-19-12-18(31)6-9-30(19)24-26-13-16-11-17(25)3-4-21(16)29-24/h2-5,7-8,10-11,13,18-19H,6,9,12,14H2,1H3/t18-,19-/m0/s1. The first-order valence-corrected chi connectivity index (χ1v) is 11.0. The first-order chi connectivity index (χ1) is 16.1. The zero-order chi connectivity index (χ0) is 22.5. The van der Waals surface area contributed by atoms with E-state index < -0.39 is 0 Å². The normalized spacial score (nSPS) is 19.9. The van der Waals surface area contributed by atoms with Gasteiger partial charge in [0.25, 0.3) is 5.91 Å². The molecule has 0 N–H and O–H groups in total. The summed E-state index contributed by atoms with van der Waals surface area (Å²) >= 11 is 0. The Labute approximate surface area is 189 Å². The first-order valence-electron chi connectivity index (χ1n) is 11.0. The molecule has 2 aromatic heterocycles. The van der Waals surface area contributed by atoms with Crippen LogP contribution in [-0.2, 0) is 0 Å². The molecule has 0 saturated carbocycles. The van der Waals surface area contributed by atoms with Crippen LogP contribution < -0.4 is 4.90 Å². The van der Waals surface area contributed by atoms with Crippen molar-refractivity contribution < 1.29 is 9.18 Å². The minimum Gasteiger partial charge on any atom is -0.336 e. The number of amides is 1. The number of fused-ring (bicyclic) bond motifs is 3. The Hall–Kier alpha value is -3.88. The second-order valence-electron chi connectivity index (χ2n) is 8.70. The number of hydrogen-bond donors (Lipinski definition) is 0. The molecule has 2 aliphatic heterocycles. The van der Waals surface area contributed by atoms with Crippen molar-refractivity contribution >= 4 is 22.8 Å². The summed E-state index contributed by atoms with van der Waals surface area (Å²) < 4.78 is 13.5. The zero-order valence-corrected chi connectivity index (χ0v) is 18.1. The van der Waals surface area contributed by atoms with Gasteiger partial charge in [-0.3, -0.25) is 4.79 Å². The number of likely N-dealkylation sites (tertiary alicyclic amines) is 1. The van der Waals surface area contributed by atoms with Crippen molar-refractivity contribution in [3.05, 3.63) is 71.9 Å². The summed E-state index contributed by atoms with van der Waals surface area (Å²) in [6, 6.07) is 10.6. The maximum atomic E-state index is 13.7. The number of aryl methyl sites for hydroxylation is 1. The molecule has 2 aliphatic rings. The van der Waals surface area contributed by atoms with Gasteiger partial charge >= 0.3 is 0 Å². The Bertz CT molecular complexity index is 1360.